The quantitative estimate of drug-likeness (QED) is 0.584. The zero-order valence-corrected chi connectivity index (χ0v) is 15.2. The Morgan fingerprint density at radius 3 is 2.46 bits per heavy atom. The second-order valence-corrected chi connectivity index (χ2v) is 6.39. The summed E-state index contributed by atoms with van der Waals surface area (Å²) in [6, 6.07) is 15.7. The van der Waals surface area contributed by atoms with Crippen molar-refractivity contribution < 1.29 is 22.4 Å². The molecule has 0 aliphatic heterocycles. The van der Waals surface area contributed by atoms with E-state index in [1.54, 1.807) is 12.1 Å². The monoisotopic (exact) mass is 408 g/mol. The van der Waals surface area contributed by atoms with Crippen LogP contribution in [-0.2, 0) is 11.0 Å². The molecule has 2 N–H and O–H groups in total. The van der Waals surface area contributed by atoms with Crippen LogP contribution in [0.3, 0.4) is 0 Å². The first-order valence-corrected chi connectivity index (χ1v) is 8.71. The second-order valence-electron chi connectivity index (χ2n) is 5.98. The number of alkyl halides is 3. The summed E-state index contributed by atoms with van der Waals surface area (Å²) >= 11 is 5.59. The van der Waals surface area contributed by atoms with E-state index in [0.29, 0.717) is 5.76 Å². The Kier molecular flexibility index (Phi) is 6.06. The minimum Gasteiger partial charge on any atom is -0.467 e. The van der Waals surface area contributed by atoms with E-state index < -0.39 is 22.7 Å². The van der Waals surface area contributed by atoms with Crippen molar-refractivity contribution in [2.45, 2.75) is 12.2 Å². The highest BCUT2D eigenvalue weighted by Crippen LogP contribution is 2.36. The molecule has 0 unspecified atom stereocenters. The van der Waals surface area contributed by atoms with Gasteiger partial charge in [-0.2, -0.15) is 13.2 Å². The van der Waals surface area contributed by atoms with Gasteiger partial charge in [0.15, 0.2) is 0 Å². The van der Waals surface area contributed by atoms with E-state index in [-0.39, 0.29) is 18.3 Å². The predicted molar refractivity (Wildman–Crippen MR) is 100 cm³/mol. The lowest BCUT2D eigenvalue weighted by Crippen LogP contribution is -2.31. The van der Waals surface area contributed by atoms with Gasteiger partial charge in [-0.25, -0.2) is 0 Å². The molecule has 28 heavy (non-hydrogen) atoms. The third-order valence-corrected chi connectivity index (χ3v) is 4.31. The molecule has 1 atom stereocenters. The summed E-state index contributed by atoms with van der Waals surface area (Å²) in [4.78, 5) is 12.2. The summed E-state index contributed by atoms with van der Waals surface area (Å²) in [6.07, 6.45) is -3.08. The molecule has 0 aliphatic carbocycles. The largest absolute Gasteiger partial charge is 0.467 e. The summed E-state index contributed by atoms with van der Waals surface area (Å²) in [5.74, 6) is 0.118. The fourth-order valence-corrected chi connectivity index (χ4v) is 2.93. The Balaban J connectivity index is 1.69. The number of furan rings is 1. The molecule has 3 rings (SSSR count). The molecule has 2 aromatic carbocycles. The van der Waals surface area contributed by atoms with Gasteiger partial charge in [-0.1, -0.05) is 41.9 Å². The molecule has 146 valence electrons. The van der Waals surface area contributed by atoms with Crippen molar-refractivity contribution in [2.75, 3.05) is 11.9 Å². The Bertz CT molecular complexity index is 928. The highest BCUT2D eigenvalue weighted by Gasteiger charge is 2.33. The summed E-state index contributed by atoms with van der Waals surface area (Å²) in [6.45, 7) is -0.135. The molecule has 1 heterocycles. The number of anilines is 1. The van der Waals surface area contributed by atoms with Gasteiger partial charge in [-0.3, -0.25) is 10.1 Å². The molecule has 8 heteroatoms. The van der Waals surface area contributed by atoms with E-state index in [4.69, 9.17) is 16.0 Å². The number of halogens is 4. The van der Waals surface area contributed by atoms with Gasteiger partial charge >= 0.3 is 6.18 Å². The molecule has 1 amide bonds. The van der Waals surface area contributed by atoms with Crippen LogP contribution in [0.25, 0.3) is 0 Å². The molecule has 0 saturated heterocycles. The lowest BCUT2D eigenvalue weighted by Gasteiger charge is -2.17. The average Bonchev–Trinajstić information content (AvgIpc) is 3.18. The Morgan fingerprint density at radius 2 is 1.82 bits per heavy atom. The van der Waals surface area contributed by atoms with Crippen molar-refractivity contribution in [3.63, 3.8) is 0 Å². The van der Waals surface area contributed by atoms with Crippen LogP contribution >= 0.6 is 11.6 Å². The van der Waals surface area contributed by atoms with Crippen molar-refractivity contribution >= 4 is 23.2 Å². The van der Waals surface area contributed by atoms with E-state index in [9.17, 15) is 18.0 Å². The molecule has 4 nitrogen and oxygen atoms in total. The minimum absolute atomic E-state index is 0.0118. The molecule has 0 saturated carbocycles. The number of hydrogen-bond acceptors (Lipinski definition) is 3. The molecule has 0 spiro atoms. The zero-order valence-electron chi connectivity index (χ0n) is 14.5. The standard InChI is InChI=1S/C20H16ClF3N2O2/c21-16-9-8-14(11-15(16)20(22,23)24)26-18(27)12-25-19(17-7-4-10-28-17)13-5-2-1-3-6-13/h1-11,19,25H,12H2,(H,26,27)/t19-/m1/s1. The van der Waals surface area contributed by atoms with E-state index in [0.717, 1.165) is 17.7 Å². The van der Waals surface area contributed by atoms with Crippen molar-refractivity contribution in [1.29, 1.82) is 0 Å². The highest BCUT2D eigenvalue weighted by molar-refractivity contribution is 6.31. The molecule has 0 bridgehead atoms. The van der Waals surface area contributed by atoms with Gasteiger partial charge in [-0.15, -0.1) is 0 Å². The van der Waals surface area contributed by atoms with Gasteiger partial charge in [0, 0.05) is 5.69 Å². The van der Waals surface area contributed by atoms with Gasteiger partial charge in [0.2, 0.25) is 5.91 Å². The first kappa shape index (κ1) is 20.0. The van der Waals surface area contributed by atoms with Gasteiger partial charge in [-0.05, 0) is 35.9 Å². The van der Waals surface area contributed by atoms with Crippen LogP contribution < -0.4 is 10.6 Å². The predicted octanol–water partition coefficient (Wildman–Crippen LogP) is 5.27. The van der Waals surface area contributed by atoms with E-state index >= 15 is 0 Å². The van der Waals surface area contributed by atoms with E-state index in [1.165, 1.54) is 12.3 Å². The smallest absolute Gasteiger partial charge is 0.417 e. The van der Waals surface area contributed by atoms with Crippen molar-refractivity contribution in [2.24, 2.45) is 0 Å². The summed E-state index contributed by atoms with van der Waals surface area (Å²) in [7, 11) is 0. The summed E-state index contributed by atoms with van der Waals surface area (Å²) in [5, 5.41) is 5.08. The topological polar surface area (TPSA) is 54.3 Å². The average molecular weight is 409 g/mol. The number of hydrogen-bond donors (Lipinski definition) is 2. The number of amides is 1. The molecular weight excluding hydrogens is 393 g/mol. The molecule has 0 radical (unpaired) electrons. The lowest BCUT2D eigenvalue weighted by molar-refractivity contribution is -0.137. The third kappa shape index (κ3) is 4.94. The first-order chi connectivity index (χ1) is 13.3. The van der Waals surface area contributed by atoms with Crippen LogP contribution in [-0.4, -0.2) is 12.5 Å². The Morgan fingerprint density at radius 1 is 1.07 bits per heavy atom. The highest BCUT2D eigenvalue weighted by atomic mass is 35.5. The van der Waals surface area contributed by atoms with E-state index in [2.05, 4.69) is 10.6 Å². The number of rotatable bonds is 6. The summed E-state index contributed by atoms with van der Waals surface area (Å²) in [5.41, 5.74) is -0.105. The molecule has 1 aromatic heterocycles. The zero-order chi connectivity index (χ0) is 20.1. The maximum Gasteiger partial charge on any atom is 0.417 e. The van der Waals surface area contributed by atoms with Crippen molar-refractivity contribution in [3.8, 4) is 0 Å². The number of nitrogens with one attached hydrogen (secondary N) is 2. The maximum absolute atomic E-state index is 12.9. The van der Waals surface area contributed by atoms with Gasteiger partial charge in [0.25, 0.3) is 0 Å². The lowest BCUT2D eigenvalue weighted by atomic mass is 10.0. The summed E-state index contributed by atoms with van der Waals surface area (Å²) < 4.78 is 44.3. The van der Waals surface area contributed by atoms with Crippen LogP contribution in [0.5, 0.6) is 0 Å². The van der Waals surface area contributed by atoms with Crippen molar-refractivity contribution in [1.82, 2.24) is 5.32 Å². The fourth-order valence-electron chi connectivity index (χ4n) is 2.70. The number of carbonyl (C=O) groups excluding carboxylic acids is 1. The number of benzene rings is 2. The number of carbonyl (C=O) groups is 1. The van der Waals surface area contributed by atoms with Crippen molar-refractivity contribution in [3.05, 3.63) is 88.8 Å². The van der Waals surface area contributed by atoms with Crippen LogP contribution in [0.15, 0.2) is 71.3 Å². The fraction of sp³-hybridized carbons (Fsp3) is 0.150. The Hall–Kier alpha value is -2.77. The minimum atomic E-state index is -4.60. The van der Waals surface area contributed by atoms with Crippen LogP contribution in [0.2, 0.25) is 5.02 Å². The second kappa shape index (κ2) is 8.50. The molecular formula is C20H16ClF3N2O2. The molecule has 0 fully saturated rings. The van der Waals surface area contributed by atoms with Gasteiger partial charge in [0.05, 0.1) is 29.4 Å². The van der Waals surface area contributed by atoms with E-state index in [1.807, 2.05) is 30.3 Å². The normalized spacial score (nSPS) is 12.6. The van der Waals surface area contributed by atoms with Gasteiger partial charge in [0.1, 0.15) is 5.76 Å². The first-order valence-electron chi connectivity index (χ1n) is 8.33. The molecule has 3 aromatic rings. The Labute approximate surface area is 164 Å². The maximum atomic E-state index is 12.9. The molecule has 0 aliphatic rings. The SMILES string of the molecule is O=C(CN[C@H](c1ccccc1)c1ccco1)Nc1ccc(Cl)c(C(F)(F)F)c1. The van der Waals surface area contributed by atoms with Crippen LogP contribution in [0, 0.1) is 0 Å². The van der Waals surface area contributed by atoms with Crippen LogP contribution in [0.1, 0.15) is 22.9 Å². The van der Waals surface area contributed by atoms with Gasteiger partial charge < -0.3 is 9.73 Å². The van der Waals surface area contributed by atoms with Crippen LogP contribution in [0.4, 0.5) is 18.9 Å². The third-order valence-electron chi connectivity index (χ3n) is 3.98.